The van der Waals surface area contributed by atoms with Crippen LogP contribution in [0.25, 0.3) is 0 Å². The second-order valence-electron chi connectivity index (χ2n) is 5.45. The fraction of sp³-hybridized carbons (Fsp3) is 0.375. The van der Waals surface area contributed by atoms with Crippen LogP contribution in [0.5, 0.6) is 0 Å². The molecule has 2 N–H and O–H groups in total. The average Bonchev–Trinajstić information content (AvgIpc) is 3.33. The zero-order valence-electron chi connectivity index (χ0n) is 11.9. The molecule has 0 radical (unpaired) electrons. The smallest absolute Gasteiger partial charge is 0.137 e. The molecule has 1 aromatic heterocycles. The topological polar surface area (TPSA) is 58.0 Å². The Bertz CT molecular complexity index is 656. The molecule has 0 saturated heterocycles. The Labute approximate surface area is 129 Å². The highest BCUT2D eigenvalue weighted by atomic mass is 35.5. The van der Waals surface area contributed by atoms with Gasteiger partial charge >= 0.3 is 0 Å². The summed E-state index contributed by atoms with van der Waals surface area (Å²) in [6, 6.07) is 7.85. The zero-order chi connectivity index (χ0) is 14.8. The predicted molar refractivity (Wildman–Crippen MR) is 83.4 cm³/mol. The standard InChI is InChI=1S/C16H18ClN3O/c1-10-14(17)19-16(13-5-6-13)20-15(10)18-8-11-3-2-4-12(7-11)9-21/h2-4,7,13,21H,5-6,8-9H2,1H3,(H,18,19,20). The van der Waals surface area contributed by atoms with Crippen LogP contribution in [0.1, 0.15) is 41.3 Å². The number of rotatable bonds is 5. The van der Waals surface area contributed by atoms with Gasteiger partial charge in [-0.05, 0) is 30.9 Å². The highest BCUT2D eigenvalue weighted by Crippen LogP contribution is 2.39. The van der Waals surface area contributed by atoms with Gasteiger partial charge in [0.25, 0.3) is 0 Å². The zero-order valence-corrected chi connectivity index (χ0v) is 12.7. The number of hydrogen-bond donors (Lipinski definition) is 2. The Hall–Kier alpha value is -1.65. The molecule has 3 rings (SSSR count). The van der Waals surface area contributed by atoms with E-state index in [1.54, 1.807) is 0 Å². The molecule has 1 heterocycles. The molecule has 1 fully saturated rings. The van der Waals surface area contributed by atoms with Crippen LogP contribution in [-0.2, 0) is 13.2 Å². The van der Waals surface area contributed by atoms with Crippen LogP contribution in [0.15, 0.2) is 24.3 Å². The lowest BCUT2D eigenvalue weighted by Gasteiger charge is -2.12. The Morgan fingerprint density at radius 2 is 2.05 bits per heavy atom. The lowest BCUT2D eigenvalue weighted by Crippen LogP contribution is -2.07. The number of anilines is 1. The van der Waals surface area contributed by atoms with E-state index < -0.39 is 0 Å². The van der Waals surface area contributed by atoms with Gasteiger partial charge in [0.2, 0.25) is 0 Å². The Morgan fingerprint density at radius 1 is 1.29 bits per heavy atom. The van der Waals surface area contributed by atoms with Crippen molar-refractivity contribution in [3.8, 4) is 0 Å². The molecule has 5 heteroatoms. The SMILES string of the molecule is Cc1c(Cl)nc(C2CC2)nc1NCc1cccc(CO)c1. The number of nitrogens with one attached hydrogen (secondary N) is 1. The minimum absolute atomic E-state index is 0.0536. The predicted octanol–water partition coefficient (Wildman–Crippen LogP) is 3.42. The van der Waals surface area contributed by atoms with Crippen LogP contribution in [-0.4, -0.2) is 15.1 Å². The van der Waals surface area contributed by atoms with E-state index in [1.807, 2.05) is 31.2 Å². The van der Waals surface area contributed by atoms with Gasteiger partial charge in [0, 0.05) is 18.0 Å². The van der Waals surface area contributed by atoms with E-state index in [9.17, 15) is 5.11 Å². The van der Waals surface area contributed by atoms with Crippen molar-refractivity contribution in [3.05, 3.63) is 51.9 Å². The molecule has 0 spiro atoms. The summed E-state index contributed by atoms with van der Waals surface area (Å²) in [6.45, 7) is 2.62. The highest BCUT2D eigenvalue weighted by molar-refractivity contribution is 6.30. The summed E-state index contributed by atoms with van der Waals surface area (Å²) in [6.07, 6.45) is 2.30. The minimum atomic E-state index is 0.0536. The normalized spacial score (nSPS) is 14.2. The largest absolute Gasteiger partial charge is 0.392 e. The molecule has 4 nitrogen and oxygen atoms in total. The van der Waals surface area contributed by atoms with Crippen molar-refractivity contribution in [1.29, 1.82) is 0 Å². The number of nitrogens with zero attached hydrogens (tertiary/aromatic N) is 2. The molecule has 110 valence electrons. The monoisotopic (exact) mass is 303 g/mol. The molecule has 21 heavy (non-hydrogen) atoms. The van der Waals surface area contributed by atoms with Crippen LogP contribution < -0.4 is 5.32 Å². The molecular formula is C16H18ClN3O. The van der Waals surface area contributed by atoms with Gasteiger partial charge in [-0.2, -0.15) is 0 Å². The summed E-state index contributed by atoms with van der Waals surface area (Å²) in [5.41, 5.74) is 2.88. The summed E-state index contributed by atoms with van der Waals surface area (Å²) < 4.78 is 0. The van der Waals surface area contributed by atoms with E-state index in [4.69, 9.17) is 11.6 Å². The van der Waals surface area contributed by atoms with Crippen molar-refractivity contribution >= 4 is 17.4 Å². The van der Waals surface area contributed by atoms with Crippen LogP contribution >= 0.6 is 11.6 Å². The summed E-state index contributed by atoms with van der Waals surface area (Å²) in [5, 5.41) is 13.0. The lowest BCUT2D eigenvalue weighted by molar-refractivity contribution is 0.281. The summed E-state index contributed by atoms with van der Waals surface area (Å²) >= 11 is 6.20. The third-order valence-corrected chi connectivity index (χ3v) is 4.05. The van der Waals surface area contributed by atoms with Gasteiger partial charge in [0.05, 0.1) is 6.61 Å². The molecule has 0 unspecified atom stereocenters. The number of benzene rings is 1. The van der Waals surface area contributed by atoms with Gasteiger partial charge in [0.15, 0.2) is 0 Å². The molecule has 1 aliphatic rings. The third kappa shape index (κ3) is 3.34. The lowest BCUT2D eigenvalue weighted by atomic mass is 10.1. The van der Waals surface area contributed by atoms with Gasteiger partial charge in [0.1, 0.15) is 16.8 Å². The molecule has 0 atom stereocenters. The molecule has 1 saturated carbocycles. The maximum Gasteiger partial charge on any atom is 0.137 e. The second kappa shape index (κ2) is 6.00. The first-order valence-corrected chi connectivity index (χ1v) is 7.51. The first-order valence-electron chi connectivity index (χ1n) is 7.14. The van der Waals surface area contributed by atoms with Gasteiger partial charge in [-0.3, -0.25) is 0 Å². The summed E-state index contributed by atoms with van der Waals surface area (Å²) in [4.78, 5) is 8.96. The Morgan fingerprint density at radius 3 is 2.76 bits per heavy atom. The molecule has 0 bridgehead atoms. The van der Waals surface area contributed by atoms with Crippen LogP contribution in [0, 0.1) is 6.92 Å². The maximum absolute atomic E-state index is 9.17. The molecular weight excluding hydrogens is 286 g/mol. The van der Waals surface area contributed by atoms with Gasteiger partial charge < -0.3 is 10.4 Å². The third-order valence-electron chi connectivity index (χ3n) is 3.68. The van der Waals surface area contributed by atoms with Crippen LogP contribution in [0.4, 0.5) is 5.82 Å². The van der Waals surface area contributed by atoms with Gasteiger partial charge in [-0.15, -0.1) is 0 Å². The van der Waals surface area contributed by atoms with E-state index in [1.165, 1.54) is 0 Å². The van der Waals surface area contributed by atoms with E-state index >= 15 is 0 Å². The number of aliphatic hydroxyl groups is 1. The summed E-state index contributed by atoms with van der Waals surface area (Å²) in [7, 11) is 0. The van der Waals surface area contributed by atoms with E-state index in [0.29, 0.717) is 17.6 Å². The average molecular weight is 304 g/mol. The maximum atomic E-state index is 9.17. The van der Waals surface area contributed by atoms with E-state index in [0.717, 1.165) is 41.2 Å². The van der Waals surface area contributed by atoms with E-state index in [2.05, 4.69) is 15.3 Å². The van der Waals surface area contributed by atoms with E-state index in [-0.39, 0.29) is 6.61 Å². The molecule has 2 aromatic rings. The van der Waals surface area contributed by atoms with Crippen molar-refractivity contribution in [2.75, 3.05) is 5.32 Å². The number of aliphatic hydroxyl groups excluding tert-OH is 1. The van der Waals surface area contributed by atoms with Gasteiger partial charge in [-0.1, -0.05) is 35.9 Å². The molecule has 0 amide bonds. The Balaban J connectivity index is 1.77. The Kier molecular flexibility index (Phi) is 4.08. The van der Waals surface area contributed by atoms with Crippen molar-refractivity contribution in [2.24, 2.45) is 0 Å². The quantitative estimate of drug-likeness (QED) is 0.831. The minimum Gasteiger partial charge on any atom is -0.392 e. The van der Waals surface area contributed by atoms with Crippen LogP contribution in [0.2, 0.25) is 5.15 Å². The van der Waals surface area contributed by atoms with Gasteiger partial charge in [-0.25, -0.2) is 9.97 Å². The van der Waals surface area contributed by atoms with Crippen LogP contribution in [0.3, 0.4) is 0 Å². The van der Waals surface area contributed by atoms with Crippen molar-refractivity contribution in [2.45, 2.75) is 38.8 Å². The number of aromatic nitrogens is 2. The summed E-state index contributed by atoms with van der Waals surface area (Å²) in [5.74, 6) is 2.12. The number of hydrogen-bond acceptors (Lipinski definition) is 4. The molecule has 0 aliphatic heterocycles. The highest BCUT2D eigenvalue weighted by Gasteiger charge is 2.27. The fourth-order valence-electron chi connectivity index (χ4n) is 2.23. The van der Waals surface area contributed by atoms with Crippen molar-refractivity contribution < 1.29 is 5.11 Å². The molecule has 1 aliphatic carbocycles. The first-order chi connectivity index (χ1) is 10.2. The number of halogens is 1. The fourth-order valence-corrected chi connectivity index (χ4v) is 2.40. The van der Waals surface area contributed by atoms with Crippen molar-refractivity contribution in [1.82, 2.24) is 9.97 Å². The second-order valence-corrected chi connectivity index (χ2v) is 5.81. The first kappa shape index (κ1) is 14.3. The van der Waals surface area contributed by atoms with Crippen molar-refractivity contribution in [3.63, 3.8) is 0 Å². The molecule has 1 aromatic carbocycles.